The second kappa shape index (κ2) is 8.87. The number of aryl methyl sites for hydroxylation is 1. The predicted molar refractivity (Wildman–Crippen MR) is 96.2 cm³/mol. The zero-order chi connectivity index (χ0) is 19.1. The lowest BCUT2D eigenvalue weighted by Crippen LogP contribution is -2.23. The van der Waals surface area contributed by atoms with E-state index in [1.54, 1.807) is 18.2 Å². The predicted octanol–water partition coefficient (Wildman–Crippen LogP) is 2.31. The van der Waals surface area contributed by atoms with Crippen molar-refractivity contribution in [2.24, 2.45) is 5.73 Å². The summed E-state index contributed by atoms with van der Waals surface area (Å²) in [5.41, 5.74) is 6.72. The van der Waals surface area contributed by atoms with Crippen molar-refractivity contribution in [1.82, 2.24) is 0 Å². The molecule has 2 amide bonds. The van der Waals surface area contributed by atoms with Crippen molar-refractivity contribution in [3.05, 3.63) is 58.6 Å². The first kappa shape index (κ1) is 19.3. The second-order valence-corrected chi connectivity index (χ2v) is 5.76. The van der Waals surface area contributed by atoms with Gasteiger partial charge in [-0.05, 0) is 55.0 Å². The number of esters is 1. The third kappa shape index (κ3) is 5.78. The number of amides is 2. The molecule has 0 aliphatic heterocycles. The average Bonchev–Trinajstić information content (AvgIpc) is 2.61. The van der Waals surface area contributed by atoms with Gasteiger partial charge in [-0.25, -0.2) is 4.79 Å². The van der Waals surface area contributed by atoms with Gasteiger partial charge < -0.3 is 20.5 Å². The van der Waals surface area contributed by atoms with E-state index < -0.39 is 24.4 Å². The highest BCUT2D eigenvalue weighted by molar-refractivity contribution is 6.31. The van der Waals surface area contributed by atoms with Crippen molar-refractivity contribution >= 4 is 35.1 Å². The van der Waals surface area contributed by atoms with Gasteiger partial charge in [-0.15, -0.1) is 0 Å². The molecule has 0 atom stereocenters. The summed E-state index contributed by atoms with van der Waals surface area (Å²) in [6.07, 6.45) is 0. The van der Waals surface area contributed by atoms with Crippen LogP contribution in [-0.4, -0.2) is 31.0 Å². The van der Waals surface area contributed by atoms with E-state index in [1.807, 2.05) is 6.92 Å². The SMILES string of the molecule is Cc1cc(OCC(=O)OCC(=O)Nc2ccc(C(N)=O)cc2)ccc1Cl. The summed E-state index contributed by atoms with van der Waals surface area (Å²) in [5.74, 6) is -1.29. The van der Waals surface area contributed by atoms with Crippen molar-refractivity contribution < 1.29 is 23.9 Å². The van der Waals surface area contributed by atoms with E-state index in [0.29, 0.717) is 22.0 Å². The van der Waals surface area contributed by atoms with Gasteiger partial charge in [-0.3, -0.25) is 9.59 Å². The lowest BCUT2D eigenvalue weighted by atomic mass is 10.2. The average molecular weight is 377 g/mol. The molecule has 0 heterocycles. The molecule has 0 radical (unpaired) electrons. The Balaban J connectivity index is 1.74. The number of anilines is 1. The number of nitrogens with one attached hydrogen (secondary N) is 1. The number of benzene rings is 2. The minimum absolute atomic E-state index is 0.323. The van der Waals surface area contributed by atoms with Gasteiger partial charge in [0.25, 0.3) is 5.91 Å². The quantitative estimate of drug-likeness (QED) is 0.721. The fourth-order valence-corrected chi connectivity index (χ4v) is 2.07. The molecule has 0 spiro atoms. The van der Waals surface area contributed by atoms with Crippen LogP contribution >= 0.6 is 11.6 Å². The van der Waals surface area contributed by atoms with Gasteiger partial charge >= 0.3 is 5.97 Å². The normalized spacial score (nSPS) is 10.1. The summed E-state index contributed by atoms with van der Waals surface area (Å²) in [4.78, 5) is 34.4. The molecular weight excluding hydrogens is 360 g/mol. The van der Waals surface area contributed by atoms with Crippen LogP contribution in [0.4, 0.5) is 5.69 Å². The summed E-state index contributed by atoms with van der Waals surface area (Å²) in [6, 6.07) is 11.0. The standard InChI is InChI=1S/C18H17ClN2O5/c1-11-8-14(6-7-15(11)19)25-10-17(23)26-9-16(22)21-13-4-2-12(3-5-13)18(20)24/h2-8H,9-10H2,1H3,(H2,20,24)(H,21,22). The second-order valence-electron chi connectivity index (χ2n) is 5.35. The summed E-state index contributed by atoms with van der Waals surface area (Å²) in [5, 5.41) is 3.12. The molecule has 7 nitrogen and oxygen atoms in total. The van der Waals surface area contributed by atoms with E-state index >= 15 is 0 Å². The third-order valence-corrected chi connectivity index (χ3v) is 3.73. The van der Waals surface area contributed by atoms with Crippen molar-refractivity contribution in [3.63, 3.8) is 0 Å². The molecule has 0 saturated heterocycles. The van der Waals surface area contributed by atoms with Crippen LogP contribution in [0, 0.1) is 6.92 Å². The molecule has 3 N–H and O–H groups in total. The van der Waals surface area contributed by atoms with E-state index in [0.717, 1.165) is 5.56 Å². The molecule has 26 heavy (non-hydrogen) atoms. The number of halogens is 1. The molecule has 0 aromatic heterocycles. The van der Waals surface area contributed by atoms with Gasteiger partial charge in [0.15, 0.2) is 13.2 Å². The first-order valence-electron chi connectivity index (χ1n) is 7.59. The number of carbonyl (C=O) groups excluding carboxylic acids is 3. The number of primary amides is 1. The Morgan fingerprint density at radius 3 is 2.38 bits per heavy atom. The zero-order valence-electron chi connectivity index (χ0n) is 14.0. The Hall–Kier alpha value is -3.06. The van der Waals surface area contributed by atoms with Crippen molar-refractivity contribution in [2.45, 2.75) is 6.92 Å². The Kier molecular flexibility index (Phi) is 6.57. The summed E-state index contributed by atoms with van der Waals surface area (Å²) >= 11 is 5.90. The van der Waals surface area contributed by atoms with Crippen molar-refractivity contribution in [3.8, 4) is 5.75 Å². The Morgan fingerprint density at radius 1 is 1.08 bits per heavy atom. The Morgan fingerprint density at radius 2 is 1.77 bits per heavy atom. The number of hydrogen-bond donors (Lipinski definition) is 2. The number of ether oxygens (including phenoxy) is 2. The van der Waals surface area contributed by atoms with Gasteiger partial charge in [0.1, 0.15) is 5.75 Å². The number of nitrogens with two attached hydrogens (primary N) is 1. The Labute approximate surface area is 155 Å². The summed E-state index contributed by atoms with van der Waals surface area (Å²) in [6.45, 7) is 1.02. The monoisotopic (exact) mass is 376 g/mol. The molecule has 0 saturated carbocycles. The summed E-state index contributed by atoms with van der Waals surface area (Å²) in [7, 11) is 0. The molecule has 136 valence electrons. The molecule has 0 unspecified atom stereocenters. The van der Waals surface area contributed by atoms with Crippen LogP contribution in [0.2, 0.25) is 5.02 Å². The zero-order valence-corrected chi connectivity index (χ0v) is 14.7. The molecule has 0 aliphatic rings. The number of hydrogen-bond acceptors (Lipinski definition) is 5. The molecule has 8 heteroatoms. The molecule has 2 aromatic rings. The van der Waals surface area contributed by atoms with Crippen LogP contribution in [0.25, 0.3) is 0 Å². The maximum Gasteiger partial charge on any atom is 0.344 e. The third-order valence-electron chi connectivity index (χ3n) is 3.30. The van der Waals surface area contributed by atoms with Gasteiger partial charge in [-0.2, -0.15) is 0 Å². The lowest BCUT2D eigenvalue weighted by Gasteiger charge is -2.09. The first-order valence-corrected chi connectivity index (χ1v) is 7.97. The maximum absolute atomic E-state index is 11.8. The van der Waals surface area contributed by atoms with E-state index in [4.69, 9.17) is 26.8 Å². The highest BCUT2D eigenvalue weighted by Crippen LogP contribution is 2.20. The highest BCUT2D eigenvalue weighted by Gasteiger charge is 2.10. The van der Waals surface area contributed by atoms with Crippen LogP contribution in [0.3, 0.4) is 0 Å². The number of carbonyl (C=O) groups is 3. The van der Waals surface area contributed by atoms with E-state index in [-0.39, 0.29) is 6.61 Å². The first-order chi connectivity index (χ1) is 12.3. The molecule has 0 bridgehead atoms. The van der Waals surface area contributed by atoms with Crippen LogP contribution in [-0.2, 0) is 14.3 Å². The van der Waals surface area contributed by atoms with Crippen LogP contribution in [0.15, 0.2) is 42.5 Å². The highest BCUT2D eigenvalue weighted by atomic mass is 35.5. The molecular formula is C18H17ClN2O5. The van der Waals surface area contributed by atoms with Gasteiger partial charge in [-0.1, -0.05) is 11.6 Å². The fraction of sp³-hybridized carbons (Fsp3) is 0.167. The van der Waals surface area contributed by atoms with Crippen molar-refractivity contribution in [1.29, 1.82) is 0 Å². The Bertz CT molecular complexity index is 821. The molecule has 2 aromatic carbocycles. The van der Waals surface area contributed by atoms with Crippen LogP contribution < -0.4 is 15.8 Å². The lowest BCUT2D eigenvalue weighted by molar-refractivity contribution is -0.149. The van der Waals surface area contributed by atoms with Crippen LogP contribution in [0.5, 0.6) is 5.75 Å². The van der Waals surface area contributed by atoms with Gasteiger partial charge in [0, 0.05) is 16.3 Å². The van der Waals surface area contributed by atoms with E-state index in [9.17, 15) is 14.4 Å². The minimum Gasteiger partial charge on any atom is -0.482 e. The molecule has 0 aliphatic carbocycles. The topological polar surface area (TPSA) is 108 Å². The molecule has 2 rings (SSSR count). The van der Waals surface area contributed by atoms with Gasteiger partial charge in [0.2, 0.25) is 5.91 Å². The summed E-state index contributed by atoms with van der Waals surface area (Å²) < 4.78 is 10.1. The molecule has 0 fully saturated rings. The van der Waals surface area contributed by atoms with Gasteiger partial charge in [0.05, 0.1) is 0 Å². The van der Waals surface area contributed by atoms with E-state index in [2.05, 4.69) is 5.32 Å². The largest absolute Gasteiger partial charge is 0.482 e. The van der Waals surface area contributed by atoms with Crippen LogP contribution in [0.1, 0.15) is 15.9 Å². The smallest absolute Gasteiger partial charge is 0.344 e. The van der Waals surface area contributed by atoms with Crippen molar-refractivity contribution in [2.75, 3.05) is 18.5 Å². The van der Waals surface area contributed by atoms with E-state index in [1.165, 1.54) is 24.3 Å². The fourth-order valence-electron chi connectivity index (χ4n) is 1.95. The number of rotatable bonds is 7. The maximum atomic E-state index is 11.8. The minimum atomic E-state index is -0.683.